The van der Waals surface area contributed by atoms with Crippen molar-refractivity contribution >= 4 is 11.9 Å². The summed E-state index contributed by atoms with van der Waals surface area (Å²) in [6.45, 7) is 3.49. The van der Waals surface area contributed by atoms with Crippen LogP contribution in [0.5, 0.6) is 5.75 Å². The van der Waals surface area contributed by atoms with Crippen molar-refractivity contribution in [1.29, 1.82) is 0 Å². The number of benzene rings is 2. The summed E-state index contributed by atoms with van der Waals surface area (Å²) in [5.74, 6) is -0.345. The Morgan fingerprint density at radius 2 is 1.96 bits per heavy atom. The van der Waals surface area contributed by atoms with E-state index in [0.717, 1.165) is 17.5 Å². The van der Waals surface area contributed by atoms with Gasteiger partial charge in [0.1, 0.15) is 5.75 Å². The van der Waals surface area contributed by atoms with Crippen molar-refractivity contribution in [2.24, 2.45) is 0 Å². The molecule has 0 spiro atoms. The van der Waals surface area contributed by atoms with Gasteiger partial charge in [0, 0.05) is 18.7 Å². The predicted octanol–water partition coefficient (Wildman–Crippen LogP) is 2.98. The fraction of sp³-hybridized carbons (Fsp3) is 0.263. The van der Waals surface area contributed by atoms with Gasteiger partial charge in [-0.05, 0) is 54.8 Å². The molecule has 24 heavy (non-hydrogen) atoms. The second-order valence-electron chi connectivity index (χ2n) is 5.73. The number of fused-ring (bicyclic) bond motifs is 1. The van der Waals surface area contributed by atoms with Crippen LogP contribution < -0.4 is 4.74 Å². The summed E-state index contributed by atoms with van der Waals surface area (Å²) >= 11 is 0. The van der Waals surface area contributed by atoms with E-state index in [4.69, 9.17) is 9.84 Å². The molecule has 1 amide bonds. The number of carbonyl (C=O) groups is 2. The standard InChI is InChI=1S/C19H19NO4/c1-2-24-17-5-3-4-14(11-17)18(21)20-9-8-13-6-7-15(19(22)23)10-16(13)12-20/h3-7,10-11H,2,8-9,12H2,1H3,(H,22,23). The maximum Gasteiger partial charge on any atom is 0.335 e. The number of ether oxygens (including phenoxy) is 1. The number of nitrogens with zero attached hydrogens (tertiary/aromatic N) is 1. The molecule has 1 aliphatic heterocycles. The first-order valence-electron chi connectivity index (χ1n) is 7.95. The monoisotopic (exact) mass is 325 g/mol. The third-order valence-corrected chi connectivity index (χ3v) is 4.14. The van der Waals surface area contributed by atoms with E-state index in [9.17, 15) is 9.59 Å². The third-order valence-electron chi connectivity index (χ3n) is 4.14. The van der Waals surface area contributed by atoms with E-state index in [-0.39, 0.29) is 11.5 Å². The van der Waals surface area contributed by atoms with E-state index in [1.165, 1.54) is 0 Å². The van der Waals surface area contributed by atoms with Crippen LogP contribution in [-0.4, -0.2) is 35.0 Å². The van der Waals surface area contributed by atoms with Crippen molar-refractivity contribution in [3.8, 4) is 5.75 Å². The Hall–Kier alpha value is -2.82. The molecule has 5 heteroatoms. The highest BCUT2D eigenvalue weighted by Crippen LogP contribution is 2.23. The molecule has 3 rings (SSSR count). The van der Waals surface area contributed by atoms with Gasteiger partial charge in [-0.3, -0.25) is 4.79 Å². The average Bonchev–Trinajstić information content (AvgIpc) is 2.60. The molecule has 5 nitrogen and oxygen atoms in total. The molecule has 1 aliphatic rings. The predicted molar refractivity (Wildman–Crippen MR) is 89.5 cm³/mol. The smallest absolute Gasteiger partial charge is 0.335 e. The number of hydrogen-bond acceptors (Lipinski definition) is 3. The molecule has 0 saturated carbocycles. The molecule has 0 bridgehead atoms. The Labute approximate surface area is 140 Å². The first kappa shape index (κ1) is 16.1. The molecule has 1 heterocycles. The van der Waals surface area contributed by atoms with Crippen molar-refractivity contribution in [2.75, 3.05) is 13.2 Å². The minimum atomic E-state index is -0.953. The first-order valence-corrected chi connectivity index (χ1v) is 7.95. The van der Waals surface area contributed by atoms with E-state index in [0.29, 0.717) is 31.0 Å². The summed E-state index contributed by atoms with van der Waals surface area (Å²) < 4.78 is 5.45. The van der Waals surface area contributed by atoms with Crippen molar-refractivity contribution in [3.05, 3.63) is 64.7 Å². The van der Waals surface area contributed by atoms with Crippen LogP contribution >= 0.6 is 0 Å². The van der Waals surface area contributed by atoms with Crippen LogP contribution in [0.15, 0.2) is 42.5 Å². The third kappa shape index (κ3) is 3.25. The van der Waals surface area contributed by atoms with Gasteiger partial charge in [-0.25, -0.2) is 4.79 Å². The minimum absolute atomic E-state index is 0.0667. The molecule has 0 aliphatic carbocycles. The SMILES string of the molecule is CCOc1cccc(C(=O)N2CCc3ccc(C(=O)O)cc3C2)c1. The summed E-state index contributed by atoms with van der Waals surface area (Å²) in [5, 5.41) is 9.13. The van der Waals surface area contributed by atoms with Gasteiger partial charge < -0.3 is 14.7 Å². The van der Waals surface area contributed by atoms with Crippen molar-refractivity contribution in [2.45, 2.75) is 19.9 Å². The van der Waals surface area contributed by atoms with E-state index >= 15 is 0 Å². The largest absolute Gasteiger partial charge is 0.494 e. The van der Waals surface area contributed by atoms with Crippen LogP contribution in [0.1, 0.15) is 38.8 Å². The lowest BCUT2D eigenvalue weighted by atomic mass is 9.97. The number of aromatic carboxylic acids is 1. The second kappa shape index (κ2) is 6.74. The molecule has 0 unspecified atom stereocenters. The first-order chi connectivity index (χ1) is 11.6. The number of amides is 1. The van der Waals surface area contributed by atoms with Gasteiger partial charge in [0.25, 0.3) is 5.91 Å². The maximum absolute atomic E-state index is 12.7. The molecule has 0 saturated heterocycles. The molecule has 2 aromatic carbocycles. The van der Waals surface area contributed by atoms with Gasteiger partial charge >= 0.3 is 5.97 Å². The van der Waals surface area contributed by atoms with Gasteiger partial charge in [0.05, 0.1) is 12.2 Å². The van der Waals surface area contributed by atoms with E-state index in [2.05, 4.69) is 0 Å². The van der Waals surface area contributed by atoms with Gasteiger partial charge in [-0.2, -0.15) is 0 Å². The molecule has 0 fully saturated rings. The quantitative estimate of drug-likeness (QED) is 0.938. The molecular formula is C19H19NO4. The van der Waals surface area contributed by atoms with Crippen molar-refractivity contribution in [3.63, 3.8) is 0 Å². The van der Waals surface area contributed by atoms with Crippen molar-refractivity contribution in [1.82, 2.24) is 4.90 Å². The number of carboxylic acid groups (broad SMARTS) is 1. The Kier molecular flexibility index (Phi) is 4.51. The minimum Gasteiger partial charge on any atom is -0.494 e. The van der Waals surface area contributed by atoms with Crippen LogP contribution in [0.4, 0.5) is 0 Å². The summed E-state index contributed by atoms with van der Waals surface area (Å²) in [5.41, 5.74) is 2.84. The Morgan fingerprint density at radius 1 is 1.12 bits per heavy atom. The summed E-state index contributed by atoms with van der Waals surface area (Å²) in [7, 11) is 0. The highest BCUT2D eigenvalue weighted by molar-refractivity contribution is 5.95. The van der Waals surface area contributed by atoms with Gasteiger partial charge in [0.15, 0.2) is 0 Å². The number of hydrogen-bond donors (Lipinski definition) is 1. The lowest BCUT2D eigenvalue weighted by Gasteiger charge is -2.29. The lowest BCUT2D eigenvalue weighted by molar-refractivity contribution is 0.0696. The van der Waals surface area contributed by atoms with E-state index in [1.54, 1.807) is 35.2 Å². The Bertz CT molecular complexity index is 785. The zero-order valence-corrected chi connectivity index (χ0v) is 13.5. The number of rotatable bonds is 4. The molecule has 1 N–H and O–H groups in total. The molecular weight excluding hydrogens is 306 g/mol. The zero-order chi connectivity index (χ0) is 17.1. The maximum atomic E-state index is 12.7. The fourth-order valence-corrected chi connectivity index (χ4v) is 2.93. The van der Waals surface area contributed by atoms with E-state index < -0.39 is 5.97 Å². The van der Waals surface area contributed by atoms with Crippen LogP contribution in [0.25, 0.3) is 0 Å². The summed E-state index contributed by atoms with van der Waals surface area (Å²) in [6, 6.07) is 12.3. The Balaban J connectivity index is 1.81. The van der Waals surface area contributed by atoms with Gasteiger partial charge in [-0.1, -0.05) is 12.1 Å². The van der Waals surface area contributed by atoms with Crippen LogP contribution in [-0.2, 0) is 13.0 Å². The van der Waals surface area contributed by atoms with Gasteiger partial charge in [0.2, 0.25) is 0 Å². The Morgan fingerprint density at radius 3 is 2.71 bits per heavy atom. The topological polar surface area (TPSA) is 66.8 Å². The highest BCUT2D eigenvalue weighted by atomic mass is 16.5. The lowest BCUT2D eigenvalue weighted by Crippen LogP contribution is -2.36. The molecule has 0 atom stereocenters. The molecule has 2 aromatic rings. The van der Waals surface area contributed by atoms with Gasteiger partial charge in [-0.15, -0.1) is 0 Å². The highest BCUT2D eigenvalue weighted by Gasteiger charge is 2.23. The van der Waals surface area contributed by atoms with E-state index in [1.807, 2.05) is 19.1 Å². The molecule has 0 radical (unpaired) electrons. The van der Waals surface area contributed by atoms with Crippen molar-refractivity contribution < 1.29 is 19.4 Å². The molecule has 0 aromatic heterocycles. The zero-order valence-electron chi connectivity index (χ0n) is 13.5. The number of carboxylic acids is 1. The van der Waals surface area contributed by atoms with Crippen LogP contribution in [0.2, 0.25) is 0 Å². The molecule has 124 valence electrons. The van der Waals surface area contributed by atoms with Crippen LogP contribution in [0.3, 0.4) is 0 Å². The number of carbonyl (C=O) groups excluding carboxylic acids is 1. The second-order valence-corrected chi connectivity index (χ2v) is 5.73. The fourth-order valence-electron chi connectivity index (χ4n) is 2.93. The summed E-state index contributed by atoms with van der Waals surface area (Å²) in [4.78, 5) is 25.6. The normalized spacial score (nSPS) is 13.3. The van der Waals surface area contributed by atoms with Crippen LogP contribution in [0, 0.1) is 0 Å². The average molecular weight is 325 g/mol. The summed E-state index contributed by atoms with van der Waals surface area (Å²) in [6.07, 6.45) is 0.728.